The van der Waals surface area contributed by atoms with Crippen molar-refractivity contribution in [3.8, 4) is 11.5 Å². The molecule has 0 aliphatic rings. The zero-order chi connectivity index (χ0) is 15.7. The van der Waals surface area contributed by atoms with Crippen LogP contribution in [0.3, 0.4) is 0 Å². The second-order valence-electron chi connectivity index (χ2n) is 4.98. The molecular formula is C16H26N2O3. The SMILES string of the molecule is CCCC(N)C(=O)NCCCc1ccc(OC)c(OC)c1. The average Bonchev–Trinajstić information content (AvgIpc) is 2.51. The second-order valence-corrected chi connectivity index (χ2v) is 4.98. The Kier molecular flexibility index (Phi) is 7.61. The van der Waals surface area contributed by atoms with Gasteiger partial charge in [0.1, 0.15) is 0 Å². The molecule has 1 atom stereocenters. The Labute approximate surface area is 126 Å². The van der Waals surface area contributed by atoms with Gasteiger partial charge in [-0.1, -0.05) is 19.4 Å². The first-order valence-electron chi connectivity index (χ1n) is 7.36. The number of ether oxygens (including phenoxy) is 2. The van der Waals surface area contributed by atoms with Gasteiger partial charge in [0.05, 0.1) is 20.3 Å². The van der Waals surface area contributed by atoms with E-state index in [1.54, 1.807) is 14.2 Å². The second kappa shape index (κ2) is 9.23. The number of amides is 1. The molecule has 1 aromatic carbocycles. The topological polar surface area (TPSA) is 73.6 Å². The maximum Gasteiger partial charge on any atom is 0.236 e. The summed E-state index contributed by atoms with van der Waals surface area (Å²) in [4.78, 5) is 11.7. The van der Waals surface area contributed by atoms with Gasteiger partial charge >= 0.3 is 0 Å². The summed E-state index contributed by atoms with van der Waals surface area (Å²) in [6.45, 7) is 2.65. The van der Waals surface area contributed by atoms with Crippen molar-refractivity contribution in [2.75, 3.05) is 20.8 Å². The summed E-state index contributed by atoms with van der Waals surface area (Å²) in [5.41, 5.74) is 6.90. The number of carbonyl (C=O) groups is 1. The Morgan fingerprint density at radius 2 is 2.00 bits per heavy atom. The zero-order valence-corrected chi connectivity index (χ0v) is 13.1. The van der Waals surface area contributed by atoms with E-state index in [1.807, 2.05) is 25.1 Å². The molecule has 1 rings (SSSR count). The van der Waals surface area contributed by atoms with Crippen molar-refractivity contribution < 1.29 is 14.3 Å². The first-order valence-corrected chi connectivity index (χ1v) is 7.36. The van der Waals surface area contributed by atoms with E-state index >= 15 is 0 Å². The molecule has 0 bridgehead atoms. The molecule has 5 nitrogen and oxygen atoms in total. The van der Waals surface area contributed by atoms with Gasteiger partial charge in [-0.3, -0.25) is 4.79 Å². The molecule has 21 heavy (non-hydrogen) atoms. The van der Waals surface area contributed by atoms with Crippen LogP contribution in [0.4, 0.5) is 0 Å². The van der Waals surface area contributed by atoms with Crippen LogP contribution in [-0.2, 0) is 11.2 Å². The molecular weight excluding hydrogens is 268 g/mol. The van der Waals surface area contributed by atoms with Crippen LogP contribution in [0.25, 0.3) is 0 Å². The van der Waals surface area contributed by atoms with Gasteiger partial charge < -0.3 is 20.5 Å². The minimum absolute atomic E-state index is 0.0656. The molecule has 0 saturated heterocycles. The molecule has 0 heterocycles. The van der Waals surface area contributed by atoms with E-state index in [1.165, 1.54) is 0 Å². The smallest absolute Gasteiger partial charge is 0.236 e. The van der Waals surface area contributed by atoms with Crippen molar-refractivity contribution in [2.45, 2.75) is 38.6 Å². The van der Waals surface area contributed by atoms with Crippen LogP contribution in [-0.4, -0.2) is 32.7 Å². The fourth-order valence-electron chi connectivity index (χ4n) is 2.11. The first-order chi connectivity index (χ1) is 10.1. The standard InChI is InChI=1S/C16H26N2O3/c1-4-6-13(17)16(19)18-10-5-7-12-8-9-14(20-2)15(11-12)21-3/h8-9,11,13H,4-7,10,17H2,1-3H3,(H,18,19). The van der Waals surface area contributed by atoms with Crippen LogP contribution in [0.1, 0.15) is 31.7 Å². The predicted molar refractivity (Wildman–Crippen MR) is 83.8 cm³/mol. The first kappa shape index (κ1) is 17.3. The largest absolute Gasteiger partial charge is 0.493 e. The monoisotopic (exact) mass is 294 g/mol. The summed E-state index contributed by atoms with van der Waals surface area (Å²) in [6, 6.07) is 5.47. The molecule has 5 heteroatoms. The summed E-state index contributed by atoms with van der Waals surface area (Å²) < 4.78 is 10.5. The molecule has 1 amide bonds. The third-order valence-electron chi connectivity index (χ3n) is 3.33. The van der Waals surface area contributed by atoms with E-state index in [0.717, 1.165) is 42.7 Å². The normalized spacial score (nSPS) is 11.8. The lowest BCUT2D eigenvalue weighted by Gasteiger charge is -2.12. The minimum Gasteiger partial charge on any atom is -0.493 e. The number of nitrogens with two attached hydrogens (primary N) is 1. The van der Waals surface area contributed by atoms with E-state index in [0.29, 0.717) is 6.54 Å². The Hall–Kier alpha value is -1.75. The molecule has 0 aromatic heterocycles. The number of aryl methyl sites for hydroxylation is 1. The van der Waals surface area contributed by atoms with Gasteiger partial charge in [0, 0.05) is 6.54 Å². The van der Waals surface area contributed by atoms with Crippen LogP contribution in [0.5, 0.6) is 11.5 Å². The highest BCUT2D eigenvalue weighted by Crippen LogP contribution is 2.27. The molecule has 0 aliphatic heterocycles. The van der Waals surface area contributed by atoms with Crippen molar-refractivity contribution in [1.29, 1.82) is 0 Å². The molecule has 0 fully saturated rings. The van der Waals surface area contributed by atoms with Crippen LogP contribution >= 0.6 is 0 Å². The van der Waals surface area contributed by atoms with Gasteiger partial charge in [-0.2, -0.15) is 0 Å². The van der Waals surface area contributed by atoms with E-state index in [4.69, 9.17) is 15.2 Å². The number of hydrogen-bond acceptors (Lipinski definition) is 4. The Bertz CT molecular complexity index is 449. The van der Waals surface area contributed by atoms with Crippen LogP contribution in [0.15, 0.2) is 18.2 Å². The molecule has 0 aliphatic carbocycles. The summed E-state index contributed by atoms with van der Waals surface area (Å²) in [6.07, 6.45) is 3.37. The summed E-state index contributed by atoms with van der Waals surface area (Å²) in [7, 11) is 3.24. The average molecular weight is 294 g/mol. The lowest BCUT2D eigenvalue weighted by molar-refractivity contribution is -0.122. The maximum atomic E-state index is 11.7. The maximum absolute atomic E-state index is 11.7. The molecule has 0 saturated carbocycles. The lowest BCUT2D eigenvalue weighted by Crippen LogP contribution is -2.40. The summed E-state index contributed by atoms with van der Waals surface area (Å²) in [5, 5.41) is 2.87. The van der Waals surface area contributed by atoms with Crippen LogP contribution < -0.4 is 20.5 Å². The van der Waals surface area contributed by atoms with Gasteiger partial charge in [0.2, 0.25) is 5.91 Å². The van der Waals surface area contributed by atoms with Crippen molar-refractivity contribution in [3.05, 3.63) is 23.8 Å². The third kappa shape index (κ3) is 5.63. The van der Waals surface area contributed by atoms with Gasteiger partial charge in [-0.15, -0.1) is 0 Å². The Balaban J connectivity index is 2.37. The highest BCUT2D eigenvalue weighted by atomic mass is 16.5. The highest BCUT2D eigenvalue weighted by molar-refractivity contribution is 5.81. The molecule has 1 unspecified atom stereocenters. The fourth-order valence-corrected chi connectivity index (χ4v) is 2.11. The quantitative estimate of drug-likeness (QED) is 0.682. The number of rotatable bonds is 9. The van der Waals surface area contributed by atoms with E-state index in [-0.39, 0.29) is 5.91 Å². The van der Waals surface area contributed by atoms with E-state index in [2.05, 4.69) is 5.32 Å². The predicted octanol–water partition coefficient (Wildman–Crippen LogP) is 1.88. The number of carbonyl (C=O) groups excluding carboxylic acids is 1. The fraction of sp³-hybridized carbons (Fsp3) is 0.562. The molecule has 0 spiro atoms. The van der Waals surface area contributed by atoms with Crippen LogP contribution in [0, 0.1) is 0 Å². The number of benzene rings is 1. The zero-order valence-electron chi connectivity index (χ0n) is 13.1. The van der Waals surface area contributed by atoms with Crippen molar-refractivity contribution in [1.82, 2.24) is 5.32 Å². The Morgan fingerprint density at radius 3 is 2.62 bits per heavy atom. The molecule has 3 N–H and O–H groups in total. The van der Waals surface area contributed by atoms with Gasteiger partial charge in [-0.05, 0) is 37.0 Å². The van der Waals surface area contributed by atoms with Crippen LogP contribution in [0.2, 0.25) is 0 Å². The summed E-state index contributed by atoms with van der Waals surface area (Å²) >= 11 is 0. The van der Waals surface area contributed by atoms with Gasteiger partial charge in [0.25, 0.3) is 0 Å². The number of hydrogen-bond donors (Lipinski definition) is 2. The van der Waals surface area contributed by atoms with Gasteiger partial charge in [0.15, 0.2) is 11.5 Å². The van der Waals surface area contributed by atoms with Gasteiger partial charge in [-0.25, -0.2) is 0 Å². The Morgan fingerprint density at radius 1 is 1.29 bits per heavy atom. The lowest BCUT2D eigenvalue weighted by atomic mass is 10.1. The van der Waals surface area contributed by atoms with Crippen molar-refractivity contribution in [3.63, 3.8) is 0 Å². The van der Waals surface area contributed by atoms with E-state index < -0.39 is 6.04 Å². The molecule has 0 radical (unpaired) electrons. The number of nitrogens with one attached hydrogen (secondary N) is 1. The van der Waals surface area contributed by atoms with Crippen molar-refractivity contribution in [2.24, 2.45) is 5.73 Å². The van der Waals surface area contributed by atoms with E-state index in [9.17, 15) is 4.79 Å². The number of methoxy groups -OCH3 is 2. The molecule has 118 valence electrons. The summed E-state index contributed by atoms with van der Waals surface area (Å²) in [5.74, 6) is 1.38. The van der Waals surface area contributed by atoms with Crippen molar-refractivity contribution >= 4 is 5.91 Å². The minimum atomic E-state index is -0.393. The molecule has 1 aromatic rings. The highest BCUT2D eigenvalue weighted by Gasteiger charge is 2.11. The third-order valence-corrected chi connectivity index (χ3v) is 3.33.